The van der Waals surface area contributed by atoms with E-state index in [0.29, 0.717) is 12.5 Å². The summed E-state index contributed by atoms with van der Waals surface area (Å²) in [6.07, 6.45) is 5.42. The molecule has 1 N–H and O–H groups in total. The highest BCUT2D eigenvalue weighted by Crippen LogP contribution is 2.25. The Morgan fingerprint density at radius 1 is 0.966 bits per heavy atom. The number of hydrogen-bond donors (Lipinski definition) is 1. The van der Waals surface area contributed by atoms with E-state index in [9.17, 15) is 0 Å². The van der Waals surface area contributed by atoms with Gasteiger partial charge in [-0.25, -0.2) is 4.98 Å². The minimum absolute atomic E-state index is 0.671. The predicted octanol–water partition coefficient (Wildman–Crippen LogP) is 4.56. The van der Waals surface area contributed by atoms with Crippen molar-refractivity contribution in [1.29, 1.82) is 0 Å². The van der Waals surface area contributed by atoms with Gasteiger partial charge in [0.05, 0.1) is 7.11 Å². The molecule has 0 saturated carbocycles. The molecule has 1 saturated heterocycles. The summed E-state index contributed by atoms with van der Waals surface area (Å²) in [6, 6.07) is 20.9. The van der Waals surface area contributed by atoms with Crippen molar-refractivity contribution in [2.24, 2.45) is 5.92 Å². The van der Waals surface area contributed by atoms with Gasteiger partial charge in [0.25, 0.3) is 0 Å². The van der Waals surface area contributed by atoms with E-state index in [2.05, 4.69) is 45.5 Å². The second kappa shape index (κ2) is 9.41. The smallest absolute Gasteiger partial charge is 0.224 e. The van der Waals surface area contributed by atoms with Crippen LogP contribution in [0.5, 0.6) is 5.75 Å². The highest BCUT2D eigenvalue weighted by Gasteiger charge is 2.20. The van der Waals surface area contributed by atoms with E-state index in [1.807, 2.05) is 36.5 Å². The zero-order valence-electron chi connectivity index (χ0n) is 16.9. The largest absolute Gasteiger partial charge is 0.497 e. The first-order chi connectivity index (χ1) is 14.3. The predicted molar refractivity (Wildman–Crippen MR) is 117 cm³/mol. The summed E-state index contributed by atoms with van der Waals surface area (Å²) in [4.78, 5) is 11.5. The van der Waals surface area contributed by atoms with Crippen molar-refractivity contribution in [2.45, 2.75) is 25.8 Å². The molecule has 0 amide bonds. The Hall–Kier alpha value is -3.08. The molecule has 5 nitrogen and oxygen atoms in total. The third-order valence-electron chi connectivity index (χ3n) is 5.56. The van der Waals surface area contributed by atoms with E-state index < -0.39 is 0 Å². The van der Waals surface area contributed by atoms with E-state index in [4.69, 9.17) is 9.72 Å². The highest BCUT2D eigenvalue weighted by atomic mass is 16.5. The second-order valence-electron chi connectivity index (χ2n) is 7.56. The molecule has 4 rings (SSSR count). The number of hydrogen-bond acceptors (Lipinski definition) is 5. The molecular weight excluding hydrogens is 360 g/mol. The van der Waals surface area contributed by atoms with Crippen LogP contribution in [0.2, 0.25) is 0 Å². The van der Waals surface area contributed by atoms with Gasteiger partial charge in [-0.1, -0.05) is 42.5 Å². The van der Waals surface area contributed by atoms with Crippen molar-refractivity contribution in [2.75, 3.05) is 30.4 Å². The van der Waals surface area contributed by atoms with Crippen LogP contribution >= 0.6 is 0 Å². The van der Waals surface area contributed by atoms with Gasteiger partial charge in [0.1, 0.15) is 11.6 Å². The molecule has 2 aromatic carbocycles. The summed E-state index contributed by atoms with van der Waals surface area (Å²) in [7, 11) is 1.68. The summed E-state index contributed by atoms with van der Waals surface area (Å²) in [6.45, 7) is 2.78. The van der Waals surface area contributed by atoms with Crippen molar-refractivity contribution in [3.05, 3.63) is 78.0 Å². The van der Waals surface area contributed by atoms with E-state index in [-0.39, 0.29) is 0 Å². The number of nitrogens with zero attached hydrogens (tertiary/aromatic N) is 3. The number of piperidine rings is 1. The lowest BCUT2D eigenvalue weighted by molar-refractivity contribution is 0.402. The molecule has 1 fully saturated rings. The van der Waals surface area contributed by atoms with Gasteiger partial charge in [0, 0.05) is 25.8 Å². The zero-order chi connectivity index (χ0) is 19.9. The van der Waals surface area contributed by atoms with Crippen molar-refractivity contribution in [1.82, 2.24) is 9.97 Å². The summed E-state index contributed by atoms with van der Waals surface area (Å²) in [5.41, 5.74) is 2.61. The van der Waals surface area contributed by atoms with Gasteiger partial charge in [0.2, 0.25) is 5.95 Å². The van der Waals surface area contributed by atoms with Crippen molar-refractivity contribution in [3.8, 4) is 5.75 Å². The third kappa shape index (κ3) is 5.25. The lowest BCUT2D eigenvalue weighted by Gasteiger charge is -2.33. The molecule has 150 valence electrons. The van der Waals surface area contributed by atoms with Crippen LogP contribution in [-0.4, -0.2) is 30.2 Å². The first-order valence-corrected chi connectivity index (χ1v) is 10.3. The van der Waals surface area contributed by atoms with Gasteiger partial charge in [-0.05, 0) is 54.5 Å². The fraction of sp³-hybridized carbons (Fsp3) is 0.333. The number of aromatic nitrogens is 2. The normalized spacial score (nSPS) is 14.6. The van der Waals surface area contributed by atoms with Crippen LogP contribution in [-0.2, 0) is 13.0 Å². The summed E-state index contributed by atoms with van der Waals surface area (Å²) < 4.78 is 5.20. The quantitative estimate of drug-likeness (QED) is 0.643. The minimum Gasteiger partial charge on any atom is -0.497 e. The zero-order valence-corrected chi connectivity index (χ0v) is 16.9. The lowest BCUT2D eigenvalue weighted by Crippen LogP contribution is -2.35. The summed E-state index contributed by atoms with van der Waals surface area (Å²) >= 11 is 0. The molecule has 0 atom stereocenters. The molecule has 1 aliphatic heterocycles. The Morgan fingerprint density at radius 3 is 2.45 bits per heavy atom. The maximum absolute atomic E-state index is 5.20. The van der Waals surface area contributed by atoms with Crippen LogP contribution in [0.15, 0.2) is 66.9 Å². The average Bonchev–Trinajstić information content (AvgIpc) is 2.79. The highest BCUT2D eigenvalue weighted by molar-refractivity contribution is 5.43. The molecule has 5 heteroatoms. The Labute approximate surface area is 172 Å². The van der Waals surface area contributed by atoms with E-state index in [1.165, 1.54) is 30.4 Å². The molecule has 1 aromatic heterocycles. The van der Waals surface area contributed by atoms with Crippen LogP contribution < -0.4 is 15.0 Å². The molecule has 29 heavy (non-hydrogen) atoms. The van der Waals surface area contributed by atoms with Crippen LogP contribution in [0.4, 0.5) is 11.8 Å². The van der Waals surface area contributed by atoms with Crippen molar-refractivity contribution >= 4 is 11.8 Å². The van der Waals surface area contributed by atoms with E-state index in [0.717, 1.165) is 30.6 Å². The first-order valence-electron chi connectivity index (χ1n) is 10.3. The number of rotatable bonds is 7. The molecule has 0 bridgehead atoms. The number of methoxy groups -OCH3 is 1. The Kier molecular flexibility index (Phi) is 6.25. The van der Waals surface area contributed by atoms with Gasteiger partial charge < -0.3 is 15.0 Å². The summed E-state index contributed by atoms with van der Waals surface area (Å²) in [5, 5.41) is 3.33. The summed E-state index contributed by atoms with van der Waals surface area (Å²) in [5.74, 6) is 3.30. The first kappa shape index (κ1) is 19.2. The molecule has 0 radical (unpaired) electrons. The van der Waals surface area contributed by atoms with Gasteiger partial charge in [-0.15, -0.1) is 0 Å². The molecule has 3 aromatic rings. The monoisotopic (exact) mass is 388 g/mol. The third-order valence-corrected chi connectivity index (χ3v) is 5.56. The standard InChI is InChI=1S/C24H28N4O/c1-29-22-9-7-21(8-10-22)18-26-24-25-14-11-23(27-24)28-15-12-20(13-16-28)17-19-5-3-2-4-6-19/h2-11,14,20H,12-13,15-18H2,1H3,(H,25,26,27). The van der Waals surface area contributed by atoms with E-state index in [1.54, 1.807) is 7.11 Å². The fourth-order valence-electron chi connectivity index (χ4n) is 3.85. The minimum atomic E-state index is 0.671. The Morgan fingerprint density at radius 2 is 1.72 bits per heavy atom. The van der Waals surface area contributed by atoms with Gasteiger partial charge in [-0.2, -0.15) is 4.98 Å². The maximum Gasteiger partial charge on any atom is 0.224 e. The van der Waals surface area contributed by atoms with Crippen LogP contribution in [0.25, 0.3) is 0 Å². The number of anilines is 2. The second-order valence-corrected chi connectivity index (χ2v) is 7.56. The van der Waals surface area contributed by atoms with Crippen LogP contribution in [0, 0.1) is 5.92 Å². The van der Waals surface area contributed by atoms with Crippen LogP contribution in [0.3, 0.4) is 0 Å². The lowest BCUT2D eigenvalue weighted by atomic mass is 9.90. The molecule has 0 unspecified atom stereocenters. The Bertz CT molecular complexity index is 890. The molecular formula is C24H28N4O. The van der Waals surface area contributed by atoms with Gasteiger partial charge >= 0.3 is 0 Å². The van der Waals surface area contributed by atoms with Crippen molar-refractivity contribution in [3.63, 3.8) is 0 Å². The van der Waals surface area contributed by atoms with Gasteiger partial charge in [-0.3, -0.25) is 0 Å². The fourth-order valence-corrected chi connectivity index (χ4v) is 3.85. The van der Waals surface area contributed by atoms with Gasteiger partial charge in [0.15, 0.2) is 0 Å². The SMILES string of the molecule is COc1ccc(CNc2nccc(N3CCC(Cc4ccccc4)CC3)n2)cc1. The number of nitrogens with one attached hydrogen (secondary N) is 1. The molecule has 1 aliphatic rings. The van der Waals surface area contributed by atoms with Crippen molar-refractivity contribution < 1.29 is 4.74 Å². The molecule has 2 heterocycles. The number of benzene rings is 2. The Balaban J connectivity index is 1.30. The average molecular weight is 389 g/mol. The topological polar surface area (TPSA) is 50.3 Å². The van der Waals surface area contributed by atoms with E-state index >= 15 is 0 Å². The maximum atomic E-state index is 5.20. The number of ether oxygens (including phenoxy) is 1. The molecule has 0 aliphatic carbocycles. The molecule has 0 spiro atoms. The van der Waals surface area contributed by atoms with Crippen LogP contribution in [0.1, 0.15) is 24.0 Å².